The van der Waals surface area contributed by atoms with Gasteiger partial charge in [-0.15, -0.1) is 0 Å². The lowest BCUT2D eigenvalue weighted by Gasteiger charge is -2.38. The largest absolute Gasteiger partial charge is 0.368 e. The van der Waals surface area contributed by atoms with Crippen LogP contribution in [-0.4, -0.2) is 53.1 Å². The molecule has 4 N–H and O–H groups in total. The van der Waals surface area contributed by atoms with Gasteiger partial charge in [-0.1, -0.05) is 0 Å². The maximum atomic E-state index is 5.96. The van der Waals surface area contributed by atoms with Crippen molar-refractivity contribution in [3.8, 4) is 0 Å². The number of piperidine rings is 1. The van der Waals surface area contributed by atoms with Crippen LogP contribution in [-0.2, 0) is 0 Å². The van der Waals surface area contributed by atoms with E-state index in [-0.39, 0.29) is 0 Å². The third kappa shape index (κ3) is 3.15. The summed E-state index contributed by atoms with van der Waals surface area (Å²) in [6, 6.07) is 3.23. The Morgan fingerprint density at radius 2 is 1.70 bits per heavy atom. The van der Waals surface area contributed by atoms with Crippen LogP contribution in [0.3, 0.4) is 0 Å². The molecule has 0 bridgehead atoms. The van der Waals surface area contributed by atoms with Crippen molar-refractivity contribution in [2.45, 2.75) is 56.5 Å². The van der Waals surface area contributed by atoms with E-state index in [9.17, 15) is 0 Å². The van der Waals surface area contributed by atoms with Gasteiger partial charge in [-0.05, 0) is 51.6 Å². The number of nitrogens with two attached hydrogens (primary N) is 2. The Balaban J connectivity index is 1.42. The van der Waals surface area contributed by atoms with Gasteiger partial charge in [-0.25, -0.2) is 4.98 Å². The minimum absolute atomic E-state index is 0.329. The summed E-state index contributed by atoms with van der Waals surface area (Å²) in [6.45, 7) is 4.72. The molecule has 4 rings (SSSR count). The van der Waals surface area contributed by atoms with Crippen molar-refractivity contribution in [1.29, 1.82) is 0 Å². The van der Waals surface area contributed by atoms with Gasteiger partial charge in [0.1, 0.15) is 5.82 Å². The van der Waals surface area contributed by atoms with E-state index in [2.05, 4.69) is 25.8 Å². The molecule has 0 unspecified atom stereocenters. The fourth-order valence-corrected chi connectivity index (χ4v) is 4.31. The summed E-state index contributed by atoms with van der Waals surface area (Å²) in [6.07, 6.45) is 7.24. The summed E-state index contributed by atoms with van der Waals surface area (Å²) < 4.78 is 0. The number of nitrogens with zero attached hydrogens (tertiary/aromatic N) is 4. The summed E-state index contributed by atoms with van der Waals surface area (Å²) >= 11 is 0. The number of hydrogen-bond donors (Lipinski definition) is 2. The molecule has 0 atom stereocenters. The smallest absolute Gasteiger partial charge is 0.222 e. The fourth-order valence-electron chi connectivity index (χ4n) is 4.31. The second-order valence-corrected chi connectivity index (χ2v) is 7.40. The van der Waals surface area contributed by atoms with Crippen molar-refractivity contribution in [3.05, 3.63) is 11.8 Å². The van der Waals surface area contributed by atoms with E-state index in [4.69, 9.17) is 11.5 Å². The first-order valence-corrected chi connectivity index (χ1v) is 9.08. The monoisotopic (exact) mass is 316 g/mol. The van der Waals surface area contributed by atoms with Crippen LogP contribution < -0.4 is 16.4 Å². The topological polar surface area (TPSA) is 84.3 Å². The average Bonchev–Trinajstić information content (AvgIpc) is 3.06. The Morgan fingerprint density at radius 3 is 2.35 bits per heavy atom. The van der Waals surface area contributed by atoms with Gasteiger partial charge in [-0.2, -0.15) is 4.98 Å². The lowest BCUT2D eigenvalue weighted by molar-refractivity contribution is 0.207. The minimum Gasteiger partial charge on any atom is -0.368 e. The lowest BCUT2D eigenvalue weighted by atomic mass is 9.78. The molecule has 2 aliphatic heterocycles. The molecule has 1 aromatic heterocycles. The van der Waals surface area contributed by atoms with Crippen molar-refractivity contribution in [1.82, 2.24) is 14.9 Å². The molecule has 0 radical (unpaired) electrons. The van der Waals surface area contributed by atoms with Gasteiger partial charge < -0.3 is 21.3 Å². The van der Waals surface area contributed by atoms with E-state index in [0.717, 1.165) is 43.5 Å². The van der Waals surface area contributed by atoms with E-state index in [1.54, 1.807) is 0 Å². The molecule has 0 aromatic carbocycles. The molecule has 0 spiro atoms. The average molecular weight is 316 g/mol. The summed E-state index contributed by atoms with van der Waals surface area (Å²) in [5.41, 5.74) is 12.9. The second kappa shape index (κ2) is 6.24. The molecule has 126 valence electrons. The van der Waals surface area contributed by atoms with E-state index in [1.165, 1.54) is 38.8 Å². The van der Waals surface area contributed by atoms with Crippen LogP contribution in [0.2, 0.25) is 0 Å². The van der Waals surface area contributed by atoms with Gasteiger partial charge in [0.25, 0.3) is 0 Å². The highest BCUT2D eigenvalue weighted by Gasteiger charge is 2.31. The van der Waals surface area contributed by atoms with Gasteiger partial charge in [0, 0.05) is 37.2 Å². The Bertz CT molecular complexity index is 542. The van der Waals surface area contributed by atoms with Crippen LogP contribution in [0.15, 0.2) is 6.07 Å². The molecule has 1 saturated carbocycles. The van der Waals surface area contributed by atoms with Crippen LogP contribution in [0.4, 0.5) is 11.8 Å². The Kier molecular flexibility index (Phi) is 4.11. The molecule has 3 aliphatic rings. The minimum atomic E-state index is 0.329. The zero-order valence-corrected chi connectivity index (χ0v) is 13.8. The molecule has 2 saturated heterocycles. The van der Waals surface area contributed by atoms with Crippen LogP contribution in [0.25, 0.3) is 0 Å². The van der Waals surface area contributed by atoms with Gasteiger partial charge in [0.15, 0.2) is 0 Å². The molecule has 23 heavy (non-hydrogen) atoms. The highest BCUT2D eigenvalue weighted by molar-refractivity contribution is 5.45. The zero-order valence-electron chi connectivity index (χ0n) is 13.8. The fraction of sp³-hybridized carbons (Fsp3) is 0.765. The number of likely N-dealkylation sites (tertiary alicyclic amines) is 1. The first-order valence-electron chi connectivity index (χ1n) is 9.08. The molecule has 3 heterocycles. The van der Waals surface area contributed by atoms with Crippen LogP contribution in [0.5, 0.6) is 0 Å². The lowest BCUT2D eigenvalue weighted by Crippen LogP contribution is -2.44. The third-order valence-corrected chi connectivity index (χ3v) is 5.79. The second-order valence-electron chi connectivity index (χ2n) is 7.40. The van der Waals surface area contributed by atoms with Gasteiger partial charge >= 0.3 is 0 Å². The summed E-state index contributed by atoms with van der Waals surface area (Å²) in [5, 5.41) is 0. The van der Waals surface area contributed by atoms with Crippen molar-refractivity contribution in [2.24, 2.45) is 5.73 Å². The van der Waals surface area contributed by atoms with E-state index >= 15 is 0 Å². The van der Waals surface area contributed by atoms with E-state index in [0.29, 0.717) is 17.9 Å². The SMILES string of the molecule is Nc1nc(C2CC(N)C2)cc(N2CCC(N3CCCC3)CC2)n1. The Hall–Kier alpha value is -1.40. The Morgan fingerprint density at radius 1 is 1.00 bits per heavy atom. The predicted molar refractivity (Wildman–Crippen MR) is 92.4 cm³/mol. The highest BCUT2D eigenvalue weighted by atomic mass is 15.2. The molecule has 6 heteroatoms. The molecule has 1 aliphatic carbocycles. The van der Waals surface area contributed by atoms with Crippen molar-refractivity contribution >= 4 is 11.8 Å². The number of rotatable bonds is 3. The third-order valence-electron chi connectivity index (χ3n) is 5.79. The van der Waals surface area contributed by atoms with Gasteiger partial charge in [-0.3, -0.25) is 0 Å². The van der Waals surface area contributed by atoms with Gasteiger partial charge in [0.2, 0.25) is 5.95 Å². The number of nitrogen functional groups attached to an aromatic ring is 1. The molecule has 1 aromatic rings. The Labute approximate surface area is 138 Å². The van der Waals surface area contributed by atoms with Gasteiger partial charge in [0.05, 0.1) is 5.69 Å². The standard InChI is InChI=1S/C17H28N6/c18-13-9-12(10-13)15-11-16(21-17(19)20-15)23-7-3-14(4-8-23)22-5-1-2-6-22/h11-14H,1-10,18H2,(H2,19,20,21). The highest BCUT2D eigenvalue weighted by Crippen LogP contribution is 2.36. The van der Waals surface area contributed by atoms with Crippen LogP contribution >= 0.6 is 0 Å². The van der Waals surface area contributed by atoms with Crippen LogP contribution in [0, 0.1) is 0 Å². The first kappa shape index (κ1) is 15.1. The van der Waals surface area contributed by atoms with E-state index < -0.39 is 0 Å². The predicted octanol–water partition coefficient (Wildman–Crippen LogP) is 1.33. The molecule has 3 fully saturated rings. The molecule has 6 nitrogen and oxygen atoms in total. The van der Waals surface area contributed by atoms with Crippen LogP contribution in [0.1, 0.15) is 50.1 Å². The van der Waals surface area contributed by atoms with Crippen molar-refractivity contribution in [3.63, 3.8) is 0 Å². The molecular weight excluding hydrogens is 288 g/mol. The number of hydrogen-bond acceptors (Lipinski definition) is 6. The van der Waals surface area contributed by atoms with Crippen molar-refractivity contribution < 1.29 is 0 Å². The quantitative estimate of drug-likeness (QED) is 0.875. The summed E-state index contributed by atoms with van der Waals surface area (Å²) in [7, 11) is 0. The normalized spacial score (nSPS) is 29.7. The summed E-state index contributed by atoms with van der Waals surface area (Å²) in [5.74, 6) is 1.88. The zero-order chi connectivity index (χ0) is 15.8. The maximum absolute atomic E-state index is 5.96. The molecule has 0 amide bonds. The maximum Gasteiger partial charge on any atom is 0.222 e. The number of anilines is 2. The van der Waals surface area contributed by atoms with Crippen molar-refractivity contribution in [2.75, 3.05) is 36.8 Å². The van der Waals surface area contributed by atoms with E-state index in [1.807, 2.05) is 0 Å². The summed E-state index contributed by atoms with van der Waals surface area (Å²) in [4.78, 5) is 14.0. The number of aromatic nitrogens is 2. The molecular formula is C17H28N6. The first-order chi connectivity index (χ1) is 11.2.